The summed E-state index contributed by atoms with van der Waals surface area (Å²) >= 11 is 6.10. The lowest BCUT2D eigenvalue weighted by molar-refractivity contribution is -0.122. The molecule has 0 saturated heterocycles. The number of benzene rings is 2. The lowest BCUT2D eigenvalue weighted by Crippen LogP contribution is -2.32. The zero-order valence-corrected chi connectivity index (χ0v) is 14.4. The molecule has 0 aliphatic rings. The van der Waals surface area contributed by atoms with E-state index in [1.807, 2.05) is 43.3 Å². The van der Waals surface area contributed by atoms with Gasteiger partial charge in [0.05, 0.1) is 5.02 Å². The molecular formula is C19H22ClNO2. The van der Waals surface area contributed by atoms with Gasteiger partial charge in [-0.15, -0.1) is 0 Å². The predicted octanol–water partition coefficient (Wildman–Crippen LogP) is 5.26. The average molecular weight is 332 g/mol. The molecule has 1 N–H and O–H groups in total. The number of hydrogen-bond acceptors (Lipinski definition) is 2. The molecule has 3 nitrogen and oxygen atoms in total. The molecule has 4 heteroatoms. The second-order valence-corrected chi connectivity index (χ2v) is 6.08. The maximum Gasteiger partial charge on any atom is 0.265 e. The van der Waals surface area contributed by atoms with Gasteiger partial charge in [-0.2, -0.15) is 0 Å². The highest BCUT2D eigenvalue weighted by Gasteiger charge is 2.20. The SMILES string of the molecule is CCC(Oc1ccccc1Cl)C(=O)Nc1ccccc1C(C)C. The number of ether oxygens (including phenoxy) is 1. The summed E-state index contributed by atoms with van der Waals surface area (Å²) in [6.07, 6.45) is -0.0314. The zero-order chi connectivity index (χ0) is 16.8. The number of carbonyl (C=O) groups is 1. The number of halogens is 1. The summed E-state index contributed by atoms with van der Waals surface area (Å²) in [5.74, 6) is 0.685. The molecule has 0 spiro atoms. The highest BCUT2D eigenvalue weighted by Crippen LogP contribution is 2.26. The third-order valence-electron chi connectivity index (χ3n) is 3.61. The van der Waals surface area contributed by atoms with E-state index < -0.39 is 6.10 Å². The number of anilines is 1. The van der Waals surface area contributed by atoms with Crippen molar-refractivity contribution in [3.63, 3.8) is 0 Å². The number of nitrogens with one attached hydrogen (secondary N) is 1. The number of rotatable bonds is 6. The Bertz CT molecular complexity index is 670. The van der Waals surface area contributed by atoms with E-state index in [2.05, 4.69) is 19.2 Å². The molecule has 0 aliphatic carbocycles. The summed E-state index contributed by atoms with van der Waals surface area (Å²) in [4.78, 5) is 12.6. The molecule has 0 saturated carbocycles. The van der Waals surface area contributed by atoms with Crippen molar-refractivity contribution in [3.8, 4) is 5.75 Å². The third kappa shape index (κ3) is 4.49. The van der Waals surface area contributed by atoms with Crippen molar-refractivity contribution >= 4 is 23.2 Å². The third-order valence-corrected chi connectivity index (χ3v) is 3.92. The summed E-state index contributed by atoms with van der Waals surface area (Å²) < 4.78 is 5.78. The van der Waals surface area contributed by atoms with Gasteiger partial charge in [0, 0.05) is 5.69 Å². The molecule has 0 bridgehead atoms. The van der Waals surface area contributed by atoms with Gasteiger partial charge >= 0.3 is 0 Å². The minimum Gasteiger partial charge on any atom is -0.479 e. The van der Waals surface area contributed by atoms with Gasteiger partial charge in [0.15, 0.2) is 6.10 Å². The summed E-state index contributed by atoms with van der Waals surface area (Å²) in [6.45, 7) is 6.11. The number of carbonyl (C=O) groups excluding carboxylic acids is 1. The van der Waals surface area contributed by atoms with E-state index in [-0.39, 0.29) is 5.91 Å². The topological polar surface area (TPSA) is 38.3 Å². The van der Waals surface area contributed by atoms with Crippen molar-refractivity contribution in [1.29, 1.82) is 0 Å². The summed E-state index contributed by atoms with van der Waals surface area (Å²) in [7, 11) is 0. The Labute approximate surface area is 142 Å². The Kier molecular flexibility index (Phi) is 6.05. The van der Waals surface area contributed by atoms with E-state index in [0.29, 0.717) is 23.1 Å². The number of para-hydroxylation sites is 2. The number of amides is 1. The molecule has 0 aliphatic heterocycles. The lowest BCUT2D eigenvalue weighted by Gasteiger charge is -2.20. The van der Waals surface area contributed by atoms with Gasteiger partial charge in [0.2, 0.25) is 0 Å². The van der Waals surface area contributed by atoms with Crippen LogP contribution in [0.2, 0.25) is 5.02 Å². The van der Waals surface area contributed by atoms with Gasteiger partial charge < -0.3 is 10.1 Å². The Balaban J connectivity index is 2.14. The van der Waals surface area contributed by atoms with E-state index >= 15 is 0 Å². The largest absolute Gasteiger partial charge is 0.479 e. The summed E-state index contributed by atoms with van der Waals surface area (Å²) in [6, 6.07) is 15.0. The average Bonchev–Trinajstić information content (AvgIpc) is 2.54. The van der Waals surface area contributed by atoms with Gasteiger partial charge in [-0.1, -0.05) is 62.7 Å². The van der Waals surface area contributed by atoms with E-state index in [0.717, 1.165) is 11.3 Å². The fourth-order valence-corrected chi connectivity index (χ4v) is 2.52. The minimum atomic E-state index is -0.588. The quantitative estimate of drug-likeness (QED) is 0.784. The predicted molar refractivity (Wildman–Crippen MR) is 95.3 cm³/mol. The molecule has 1 amide bonds. The van der Waals surface area contributed by atoms with Gasteiger partial charge in [-0.25, -0.2) is 0 Å². The Morgan fingerprint density at radius 1 is 1.13 bits per heavy atom. The van der Waals surface area contributed by atoms with E-state index in [1.165, 1.54) is 0 Å². The zero-order valence-electron chi connectivity index (χ0n) is 13.7. The van der Waals surface area contributed by atoms with Crippen LogP contribution in [0, 0.1) is 0 Å². The van der Waals surface area contributed by atoms with Gasteiger partial charge in [-0.3, -0.25) is 4.79 Å². The molecule has 1 unspecified atom stereocenters. The minimum absolute atomic E-state index is 0.166. The highest BCUT2D eigenvalue weighted by atomic mass is 35.5. The van der Waals surface area contributed by atoms with Crippen molar-refractivity contribution in [2.45, 2.75) is 39.2 Å². The van der Waals surface area contributed by atoms with E-state index in [4.69, 9.17) is 16.3 Å². The molecule has 2 aromatic rings. The van der Waals surface area contributed by atoms with Crippen LogP contribution < -0.4 is 10.1 Å². The van der Waals surface area contributed by atoms with Crippen molar-refractivity contribution in [2.75, 3.05) is 5.32 Å². The first-order chi connectivity index (χ1) is 11.0. The van der Waals surface area contributed by atoms with Crippen molar-refractivity contribution < 1.29 is 9.53 Å². The van der Waals surface area contributed by atoms with Crippen LogP contribution in [0.5, 0.6) is 5.75 Å². The Morgan fingerprint density at radius 2 is 1.78 bits per heavy atom. The first-order valence-corrected chi connectivity index (χ1v) is 8.21. The van der Waals surface area contributed by atoms with Crippen LogP contribution in [-0.2, 0) is 4.79 Å². The highest BCUT2D eigenvalue weighted by molar-refractivity contribution is 6.32. The van der Waals surface area contributed by atoms with E-state index in [9.17, 15) is 4.79 Å². The fraction of sp³-hybridized carbons (Fsp3) is 0.316. The van der Waals surface area contributed by atoms with Gasteiger partial charge in [0.1, 0.15) is 5.75 Å². The first kappa shape index (κ1) is 17.4. The molecule has 0 heterocycles. The molecule has 1 atom stereocenters. The maximum atomic E-state index is 12.6. The molecule has 2 rings (SSSR count). The van der Waals surface area contributed by atoms with Crippen LogP contribution >= 0.6 is 11.6 Å². The van der Waals surface area contributed by atoms with Crippen molar-refractivity contribution in [1.82, 2.24) is 0 Å². The van der Waals surface area contributed by atoms with Crippen molar-refractivity contribution in [3.05, 3.63) is 59.1 Å². The van der Waals surface area contributed by atoms with Gasteiger partial charge in [0.25, 0.3) is 5.91 Å². The molecule has 0 aromatic heterocycles. The van der Waals surface area contributed by atoms with Crippen LogP contribution in [0.25, 0.3) is 0 Å². The lowest BCUT2D eigenvalue weighted by atomic mass is 10.0. The molecule has 0 fully saturated rings. The molecule has 23 heavy (non-hydrogen) atoms. The first-order valence-electron chi connectivity index (χ1n) is 7.84. The van der Waals surface area contributed by atoms with Crippen LogP contribution in [0.3, 0.4) is 0 Å². The monoisotopic (exact) mass is 331 g/mol. The molecule has 122 valence electrons. The molecular weight excluding hydrogens is 310 g/mol. The second-order valence-electron chi connectivity index (χ2n) is 5.68. The van der Waals surface area contributed by atoms with Crippen LogP contribution in [0.15, 0.2) is 48.5 Å². The van der Waals surface area contributed by atoms with Crippen molar-refractivity contribution in [2.24, 2.45) is 0 Å². The standard InChI is InChI=1S/C19H22ClNO2/c1-4-17(23-18-12-8-6-10-15(18)20)19(22)21-16-11-7-5-9-14(16)13(2)3/h5-13,17H,4H2,1-3H3,(H,21,22). The second kappa shape index (κ2) is 8.02. The fourth-order valence-electron chi connectivity index (χ4n) is 2.34. The van der Waals surface area contributed by atoms with Gasteiger partial charge in [-0.05, 0) is 36.1 Å². The summed E-state index contributed by atoms with van der Waals surface area (Å²) in [5, 5.41) is 3.48. The van der Waals surface area contributed by atoms with Crippen LogP contribution in [-0.4, -0.2) is 12.0 Å². The normalized spacial score (nSPS) is 12.0. The number of hydrogen-bond donors (Lipinski definition) is 1. The Morgan fingerprint density at radius 3 is 2.43 bits per heavy atom. The van der Waals surface area contributed by atoms with Crippen LogP contribution in [0.4, 0.5) is 5.69 Å². The van der Waals surface area contributed by atoms with Crippen LogP contribution in [0.1, 0.15) is 38.7 Å². The van der Waals surface area contributed by atoms with E-state index in [1.54, 1.807) is 12.1 Å². The summed E-state index contributed by atoms with van der Waals surface area (Å²) in [5.41, 5.74) is 1.93. The molecule has 2 aromatic carbocycles. The smallest absolute Gasteiger partial charge is 0.265 e. The maximum absolute atomic E-state index is 12.6. The Hall–Kier alpha value is -2.00. The molecule has 0 radical (unpaired) electrons.